The number of carbonyl (C=O) groups is 1. The van der Waals surface area contributed by atoms with Crippen molar-refractivity contribution in [3.05, 3.63) is 35.9 Å². The van der Waals surface area contributed by atoms with Crippen LogP contribution in [-0.4, -0.2) is 54.5 Å². The first kappa shape index (κ1) is 20.9. The topological polar surface area (TPSA) is 49.6 Å². The summed E-state index contributed by atoms with van der Waals surface area (Å²) in [6.45, 7) is 8.82. The Hall–Kier alpha value is -1.10. The highest BCUT2D eigenvalue weighted by Crippen LogP contribution is 2.10. The molecule has 5 heteroatoms. The molecule has 1 amide bonds. The summed E-state index contributed by atoms with van der Waals surface area (Å²) in [6, 6.07) is 10.3. The molecule has 0 spiro atoms. The molecule has 1 aromatic carbocycles. The molecule has 1 heterocycles. The van der Waals surface area contributed by atoms with Gasteiger partial charge in [-0.05, 0) is 43.8 Å². The molecule has 0 aliphatic carbocycles. The number of hydrogen-bond acceptors (Lipinski definition) is 3. The van der Waals surface area contributed by atoms with Gasteiger partial charge >= 0.3 is 0 Å². The predicted molar refractivity (Wildman–Crippen MR) is 102 cm³/mol. The maximum absolute atomic E-state index is 12.4. The molecule has 0 aromatic heterocycles. The minimum atomic E-state index is -0.361. The summed E-state index contributed by atoms with van der Waals surface area (Å²) in [5.41, 5.74) is 7.42. The van der Waals surface area contributed by atoms with Gasteiger partial charge in [0.2, 0.25) is 5.91 Å². The van der Waals surface area contributed by atoms with Crippen molar-refractivity contribution in [2.24, 2.45) is 11.7 Å². The SMILES string of the molecule is CC(C)[C@H](N)C(=O)N1CCCN(CCCc2ccccc2)CC1.Cl. The van der Waals surface area contributed by atoms with E-state index >= 15 is 0 Å². The van der Waals surface area contributed by atoms with E-state index in [0.29, 0.717) is 0 Å². The van der Waals surface area contributed by atoms with Gasteiger partial charge in [0.25, 0.3) is 0 Å². The third-order valence-corrected chi connectivity index (χ3v) is 4.69. The van der Waals surface area contributed by atoms with Crippen LogP contribution in [0.25, 0.3) is 0 Å². The fraction of sp³-hybridized carbons (Fsp3) is 0.632. The first-order valence-electron chi connectivity index (χ1n) is 8.88. The lowest BCUT2D eigenvalue weighted by Crippen LogP contribution is -2.47. The molecule has 136 valence electrons. The van der Waals surface area contributed by atoms with Crippen molar-refractivity contribution in [3.63, 3.8) is 0 Å². The quantitative estimate of drug-likeness (QED) is 0.855. The molecule has 4 nitrogen and oxygen atoms in total. The molecule has 24 heavy (non-hydrogen) atoms. The molecule has 2 rings (SSSR count). The van der Waals surface area contributed by atoms with E-state index in [0.717, 1.165) is 45.6 Å². The monoisotopic (exact) mass is 353 g/mol. The molecular weight excluding hydrogens is 322 g/mol. The van der Waals surface area contributed by atoms with Crippen molar-refractivity contribution in [1.29, 1.82) is 0 Å². The van der Waals surface area contributed by atoms with Crippen LogP contribution in [-0.2, 0) is 11.2 Å². The van der Waals surface area contributed by atoms with Gasteiger partial charge in [0.15, 0.2) is 0 Å². The van der Waals surface area contributed by atoms with Crippen molar-refractivity contribution in [1.82, 2.24) is 9.80 Å². The van der Waals surface area contributed by atoms with Gasteiger partial charge in [-0.1, -0.05) is 44.2 Å². The second-order valence-electron chi connectivity index (χ2n) is 6.88. The Morgan fingerprint density at radius 2 is 1.83 bits per heavy atom. The first-order valence-corrected chi connectivity index (χ1v) is 8.88. The summed E-state index contributed by atoms with van der Waals surface area (Å²) in [4.78, 5) is 16.8. The van der Waals surface area contributed by atoms with E-state index in [1.807, 2.05) is 18.7 Å². The van der Waals surface area contributed by atoms with Crippen LogP contribution in [0.3, 0.4) is 0 Å². The number of aryl methyl sites for hydroxylation is 1. The van der Waals surface area contributed by atoms with E-state index < -0.39 is 0 Å². The van der Waals surface area contributed by atoms with E-state index in [-0.39, 0.29) is 30.3 Å². The average molecular weight is 354 g/mol. The van der Waals surface area contributed by atoms with Crippen LogP contribution in [0, 0.1) is 5.92 Å². The summed E-state index contributed by atoms with van der Waals surface area (Å²) in [7, 11) is 0. The molecule has 0 unspecified atom stereocenters. The molecule has 1 atom stereocenters. The zero-order chi connectivity index (χ0) is 16.7. The fourth-order valence-corrected chi connectivity index (χ4v) is 3.06. The molecule has 1 saturated heterocycles. The van der Waals surface area contributed by atoms with Crippen LogP contribution in [0.5, 0.6) is 0 Å². The predicted octanol–water partition coefficient (Wildman–Crippen LogP) is 2.56. The second kappa shape index (κ2) is 10.7. The van der Waals surface area contributed by atoms with E-state index in [1.165, 1.54) is 12.0 Å². The van der Waals surface area contributed by atoms with Crippen LogP contribution >= 0.6 is 12.4 Å². The van der Waals surface area contributed by atoms with Crippen LogP contribution in [0.15, 0.2) is 30.3 Å². The number of amides is 1. The van der Waals surface area contributed by atoms with Crippen LogP contribution in [0.4, 0.5) is 0 Å². The number of nitrogens with two attached hydrogens (primary N) is 1. The van der Waals surface area contributed by atoms with Crippen LogP contribution < -0.4 is 5.73 Å². The molecule has 0 bridgehead atoms. The molecule has 2 N–H and O–H groups in total. The summed E-state index contributed by atoms with van der Waals surface area (Å²) >= 11 is 0. The van der Waals surface area contributed by atoms with Gasteiger partial charge in [0.05, 0.1) is 6.04 Å². The molecule has 1 aliphatic heterocycles. The number of nitrogens with zero attached hydrogens (tertiary/aromatic N) is 2. The molecule has 1 aromatic rings. The smallest absolute Gasteiger partial charge is 0.239 e. The summed E-state index contributed by atoms with van der Waals surface area (Å²) in [6.07, 6.45) is 3.34. The zero-order valence-electron chi connectivity index (χ0n) is 15.0. The van der Waals surface area contributed by atoms with Crippen molar-refractivity contribution >= 4 is 18.3 Å². The number of benzene rings is 1. The van der Waals surface area contributed by atoms with Gasteiger partial charge in [-0.3, -0.25) is 4.79 Å². The minimum Gasteiger partial charge on any atom is -0.340 e. The van der Waals surface area contributed by atoms with Crippen LogP contribution in [0.2, 0.25) is 0 Å². The lowest BCUT2D eigenvalue weighted by atomic mass is 10.0. The lowest BCUT2D eigenvalue weighted by molar-refractivity contribution is -0.133. The van der Waals surface area contributed by atoms with E-state index in [4.69, 9.17) is 5.73 Å². The standard InChI is InChI=1S/C19H31N3O.ClH/c1-16(2)18(20)19(23)22-13-7-12-21(14-15-22)11-6-10-17-8-4-3-5-9-17;/h3-5,8-9,16,18H,6-7,10-15,20H2,1-2H3;1H/t18-;/m0./s1. The molecule has 1 aliphatic rings. The third-order valence-electron chi connectivity index (χ3n) is 4.69. The van der Waals surface area contributed by atoms with Crippen molar-refractivity contribution in [2.45, 2.75) is 39.2 Å². The number of carbonyl (C=O) groups excluding carboxylic acids is 1. The summed E-state index contributed by atoms with van der Waals surface area (Å²) in [5.74, 6) is 0.318. The van der Waals surface area contributed by atoms with Crippen molar-refractivity contribution in [3.8, 4) is 0 Å². The highest BCUT2D eigenvalue weighted by atomic mass is 35.5. The Morgan fingerprint density at radius 1 is 1.12 bits per heavy atom. The number of rotatable bonds is 6. The number of halogens is 1. The highest BCUT2D eigenvalue weighted by Gasteiger charge is 2.25. The van der Waals surface area contributed by atoms with Gasteiger partial charge in [0.1, 0.15) is 0 Å². The molecule has 0 radical (unpaired) electrons. The highest BCUT2D eigenvalue weighted by molar-refractivity contribution is 5.85. The Labute approximate surface area is 152 Å². The van der Waals surface area contributed by atoms with E-state index in [1.54, 1.807) is 0 Å². The van der Waals surface area contributed by atoms with Gasteiger partial charge < -0.3 is 15.5 Å². The van der Waals surface area contributed by atoms with E-state index in [2.05, 4.69) is 35.2 Å². The van der Waals surface area contributed by atoms with Crippen LogP contribution in [0.1, 0.15) is 32.3 Å². The second-order valence-corrected chi connectivity index (χ2v) is 6.88. The first-order chi connectivity index (χ1) is 11.1. The largest absolute Gasteiger partial charge is 0.340 e. The summed E-state index contributed by atoms with van der Waals surface area (Å²) < 4.78 is 0. The van der Waals surface area contributed by atoms with Gasteiger partial charge in [0, 0.05) is 19.6 Å². The summed E-state index contributed by atoms with van der Waals surface area (Å²) in [5, 5.41) is 0. The Morgan fingerprint density at radius 3 is 2.50 bits per heavy atom. The van der Waals surface area contributed by atoms with Crippen molar-refractivity contribution < 1.29 is 4.79 Å². The van der Waals surface area contributed by atoms with E-state index in [9.17, 15) is 4.79 Å². The minimum absolute atomic E-state index is 0. The van der Waals surface area contributed by atoms with Gasteiger partial charge in [-0.2, -0.15) is 0 Å². The fourth-order valence-electron chi connectivity index (χ4n) is 3.06. The average Bonchev–Trinajstić information content (AvgIpc) is 2.80. The Balaban J connectivity index is 0.00000288. The molecular formula is C19H32ClN3O. The van der Waals surface area contributed by atoms with Crippen molar-refractivity contribution in [2.75, 3.05) is 32.7 Å². The Bertz CT molecular complexity index is 481. The Kier molecular flexibility index (Phi) is 9.34. The lowest BCUT2D eigenvalue weighted by Gasteiger charge is -2.26. The normalized spacial score (nSPS) is 17.2. The maximum Gasteiger partial charge on any atom is 0.239 e. The molecule has 1 fully saturated rings. The zero-order valence-corrected chi connectivity index (χ0v) is 15.8. The number of hydrogen-bond donors (Lipinski definition) is 1. The molecule has 0 saturated carbocycles. The third kappa shape index (κ3) is 6.42. The maximum atomic E-state index is 12.4. The van der Waals surface area contributed by atoms with Gasteiger partial charge in [-0.15, -0.1) is 12.4 Å². The van der Waals surface area contributed by atoms with Gasteiger partial charge in [-0.25, -0.2) is 0 Å².